The number of hydrogen-bond acceptors (Lipinski definition) is 5. The number of carbonyl (C=O) groups is 1. The van der Waals surface area contributed by atoms with Crippen LogP contribution in [0.1, 0.15) is 11.3 Å². The van der Waals surface area contributed by atoms with Gasteiger partial charge in [-0.2, -0.15) is 5.10 Å². The molecule has 0 atom stereocenters. The highest BCUT2D eigenvalue weighted by Gasteiger charge is 2.18. The second kappa shape index (κ2) is 9.70. The fraction of sp³-hybridized carbons (Fsp3) is 0.300. The number of piperazine rings is 1. The van der Waals surface area contributed by atoms with Gasteiger partial charge in [0.05, 0.1) is 12.8 Å². The van der Waals surface area contributed by atoms with Crippen LogP contribution in [0, 0.1) is 0 Å². The van der Waals surface area contributed by atoms with E-state index in [0.717, 1.165) is 38.5 Å². The van der Waals surface area contributed by atoms with Crippen LogP contribution < -0.4 is 5.43 Å². The molecule has 1 aliphatic heterocycles. The van der Waals surface area contributed by atoms with Crippen LogP contribution in [0.5, 0.6) is 0 Å². The van der Waals surface area contributed by atoms with Gasteiger partial charge in [-0.05, 0) is 29.8 Å². The molecule has 1 amide bonds. The van der Waals surface area contributed by atoms with E-state index in [1.54, 1.807) is 18.4 Å². The van der Waals surface area contributed by atoms with Crippen LogP contribution in [0.4, 0.5) is 0 Å². The summed E-state index contributed by atoms with van der Waals surface area (Å²) in [6.45, 7) is 5.06. The minimum absolute atomic E-state index is 0.0934. The van der Waals surface area contributed by atoms with Crippen molar-refractivity contribution < 1.29 is 9.21 Å². The smallest absolute Gasteiger partial charge is 0.254 e. The molecule has 1 saturated heterocycles. The van der Waals surface area contributed by atoms with E-state index in [9.17, 15) is 4.79 Å². The topological polar surface area (TPSA) is 61.1 Å². The van der Waals surface area contributed by atoms with Crippen LogP contribution in [0.3, 0.4) is 0 Å². The highest BCUT2D eigenvalue weighted by Crippen LogP contribution is 2.08. The predicted molar refractivity (Wildman–Crippen MR) is 103 cm³/mol. The second-order valence-corrected chi connectivity index (χ2v) is 6.23. The molecular weight excluding hydrogens is 328 g/mol. The number of nitrogens with one attached hydrogen (secondary N) is 1. The molecule has 6 nitrogen and oxygen atoms in total. The molecule has 1 aromatic carbocycles. The Balaban J connectivity index is 1.33. The lowest BCUT2D eigenvalue weighted by Crippen LogP contribution is -2.48. The molecule has 0 bridgehead atoms. The average molecular weight is 352 g/mol. The summed E-state index contributed by atoms with van der Waals surface area (Å²) in [5.41, 5.74) is 3.88. The Bertz CT molecular complexity index is 718. The number of furan rings is 1. The summed E-state index contributed by atoms with van der Waals surface area (Å²) >= 11 is 0. The number of benzene rings is 1. The first-order valence-electron chi connectivity index (χ1n) is 8.80. The molecule has 1 aromatic heterocycles. The van der Waals surface area contributed by atoms with E-state index in [1.807, 2.05) is 18.2 Å². The molecule has 1 fully saturated rings. The summed E-state index contributed by atoms with van der Waals surface area (Å²) in [5.74, 6) is 0.653. The molecule has 2 aromatic rings. The molecule has 0 saturated carbocycles. The Morgan fingerprint density at radius 2 is 1.85 bits per heavy atom. The van der Waals surface area contributed by atoms with E-state index in [1.165, 1.54) is 11.8 Å². The lowest BCUT2D eigenvalue weighted by molar-refractivity contribution is -0.122. The molecular formula is C20H24N4O2. The van der Waals surface area contributed by atoms with E-state index in [4.69, 9.17) is 4.42 Å². The van der Waals surface area contributed by atoms with Crippen molar-refractivity contribution in [2.75, 3.05) is 32.7 Å². The molecule has 0 radical (unpaired) electrons. The van der Waals surface area contributed by atoms with Gasteiger partial charge in [-0.3, -0.25) is 14.6 Å². The molecule has 6 heteroatoms. The number of carbonyl (C=O) groups excluding carboxylic acids is 1. The first-order chi connectivity index (χ1) is 12.8. The van der Waals surface area contributed by atoms with Crippen molar-refractivity contribution in [3.05, 3.63) is 66.1 Å². The number of hydrogen-bond donors (Lipinski definition) is 1. The Hall–Kier alpha value is -2.70. The molecule has 0 unspecified atom stereocenters. The van der Waals surface area contributed by atoms with Crippen LogP contribution in [0.25, 0.3) is 6.08 Å². The molecule has 0 spiro atoms. The Morgan fingerprint density at radius 1 is 1.08 bits per heavy atom. The largest absolute Gasteiger partial charge is 0.465 e. The maximum absolute atomic E-state index is 12.0. The predicted octanol–water partition coefficient (Wildman–Crippen LogP) is 2.21. The normalized spacial score (nSPS) is 16.5. The lowest BCUT2D eigenvalue weighted by Gasteiger charge is -2.34. The monoisotopic (exact) mass is 352 g/mol. The quantitative estimate of drug-likeness (QED) is 0.613. The first-order valence-corrected chi connectivity index (χ1v) is 8.80. The van der Waals surface area contributed by atoms with Gasteiger partial charge in [-0.25, -0.2) is 5.43 Å². The van der Waals surface area contributed by atoms with Crippen molar-refractivity contribution in [1.82, 2.24) is 15.2 Å². The van der Waals surface area contributed by atoms with Gasteiger partial charge in [0.2, 0.25) is 0 Å². The fourth-order valence-corrected chi connectivity index (χ4v) is 2.86. The van der Waals surface area contributed by atoms with Gasteiger partial charge >= 0.3 is 0 Å². The molecule has 0 aliphatic carbocycles. The van der Waals surface area contributed by atoms with Gasteiger partial charge in [0.1, 0.15) is 5.76 Å². The first kappa shape index (κ1) is 18.1. The summed E-state index contributed by atoms with van der Waals surface area (Å²) in [5, 5.41) is 3.92. The van der Waals surface area contributed by atoms with Gasteiger partial charge in [-0.1, -0.05) is 30.3 Å². The summed E-state index contributed by atoms with van der Waals surface area (Å²) in [7, 11) is 0. The van der Waals surface area contributed by atoms with Crippen LogP contribution in [0.15, 0.2) is 64.3 Å². The van der Waals surface area contributed by atoms with E-state index < -0.39 is 0 Å². The maximum atomic E-state index is 12.0. The minimum Gasteiger partial charge on any atom is -0.465 e. The zero-order valence-electron chi connectivity index (χ0n) is 14.8. The number of nitrogens with zero attached hydrogens (tertiary/aromatic N) is 3. The van der Waals surface area contributed by atoms with Gasteiger partial charge < -0.3 is 4.42 Å². The molecule has 1 N–H and O–H groups in total. The zero-order chi connectivity index (χ0) is 18.0. The van der Waals surface area contributed by atoms with E-state index >= 15 is 0 Å². The zero-order valence-corrected chi connectivity index (χ0v) is 14.8. The van der Waals surface area contributed by atoms with Crippen LogP contribution in [0.2, 0.25) is 0 Å². The second-order valence-electron chi connectivity index (χ2n) is 6.23. The third-order valence-corrected chi connectivity index (χ3v) is 4.23. The van der Waals surface area contributed by atoms with E-state index in [2.05, 4.69) is 44.6 Å². The highest BCUT2D eigenvalue weighted by molar-refractivity contribution is 5.81. The molecule has 136 valence electrons. The number of amides is 1. The Morgan fingerprint density at radius 3 is 2.58 bits per heavy atom. The van der Waals surface area contributed by atoms with Crippen molar-refractivity contribution in [3.63, 3.8) is 0 Å². The highest BCUT2D eigenvalue weighted by atomic mass is 16.3. The summed E-state index contributed by atoms with van der Waals surface area (Å²) < 4.78 is 5.16. The maximum Gasteiger partial charge on any atom is 0.254 e. The van der Waals surface area contributed by atoms with Crippen LogP contribution in [-0.4, -0.2) is 54.6 Å². The molecule has 3 rings (SSSR count). The number of rotatable bonds is 7. The minimum atomic E-state index is -0.0934. The van der Waals surface area contributed by atoms with Crippen LogP contribution in [-0.2, 0) is 11.3 Å². The SMILES string of the molecule is O=C(CN1CCN(Cc2ccccc2)CC1)N/N=C\C=C/c1ccco1. The summed E-state index contributed by atoms with van der Waals surface area (Å²) in [6.07, 6.45) is 6.65. The third-order valence-electron chi connectivity index (χ3n) is 4.23. The van der Waals surface area contributed by atoms with Gasteiger partial charge in [0, 0.05) is 38.9 Å². The average Bonchev–Trinajstić information content (AvgIpc) is 3.17. The van der Waals surface area contributed by atoms with E-state index in [-0.39, 0.29) is 5.91 Å². The molecule has 1 aliphatic rings. The standard InChI is InChI=1S/C20H24N4O2/c25-20(22-21-10-4-8-19-9-5-15-26-19)17-24-13-11-23(12-14-24)16-18-6-2-1-3-7-18/h1-10,15H,11-14,16-17H2,(H,22,25)/b8-4-,21-10-. The third kappa shape index (κ3) is 5.98. The molecule has 2 heterocycles. The summed E-state index contributed by atoms with van der Waals surface area (Å²) in [4.78, 5) is 16.5. The lowest BCUT2D eigenvalue weighted by atomic mass is 10.2. The van der Waals surface area contributed by atoms with Gasteiger partial charge in [-0.15, -0.1) is 0 Å². The fourth-order valence-electron chi connectivity index (χ4n) is 2.86. The summed E-state index contributed by atoms with van der Waals surface area (Å²) in [6, 6.07) is 14.1. The number of allylic oxidation sites excluding steroid dienone is 1. The number of hydrazone groups is 1. The molecule has 26 heavy (non-hydrogen) atoms. The van der Waals surface area contributed by atoms with Crippen molar-refractivity contribution >= 4 is 18.2 Å². The van der Waals surface area contributed by atoms with Crippen molar-refractivity contribution in [1.29, 1.82) is 0 Å². The van der Waals surface area contributed by atoms with Crippen LogP contribution >= 0.6 is 0 Å². The van der Waals surface area contributed by atoms with Crippen molar-refractivity contribution in [2.45, 2.75) is 6.54 Å². The Kier molecular flexibility index (Phi) is 6.75. The van der Waals surface area contributed by atoms with Crippen molar-refractivity contribution in [3.8, 4) is 0 Å². The van der Waals surface area contributed by atoms with Gasteiger partial charge in [0.15, 0.2) is 0 Å². The Labute approximate surface area is 153 Å². The van der Waals surface area contributed by atoms with E-state index in [0.29, 0.717) is 6.54 Å². The van der Waals surface area contributed by atoms with Gasteiger partial charge in [0.25, 0.3) is 5.91 Å². The van der Waals surface area contributed by atoms with Crippen molar-refractivity contribution in [2.24, 2.45) is 5.10 Å².